The van der Waals surface area contributed by atoms with Crippen LogP contribution in [-0.2, 0) is 6.54 Å². The van der Waals surface area contributed by atoms with Crippen molar-refractivity contribution in [3.05, 3.63) is 28.3 Å². The largest absolute Gasteiger partial charge is 0.507 e. The molecular formula is C16H22ClNO2. The first-order chi connectivity index (χ1) is 9.51. The van der Waals surface area contributed by atoms with Crippen molar-refractivity contribution in [2.45, 2.75) is 39.7 Å². The lowest BCUT2D eigenvalue weighted by molar-refractivity contribution is 0.101. The van der Waals surface area contributed by atoms with E-state index in [9.17, 15) is 9.90 Å². The van der Waals surface area contributed by atoms with E-state index in [1.165, 1.54) is 32.3 Å². The van der Waals surface area contributed by atoms with Gasteiger partial charge in [0.1, 0.15) is 5.75 Å². The number of phenols is 1. The quantitative estimate of drug-likeness (QED) is 0.810. The Kier molecular flexibility index (Phi) is 5.06. The van der Waals surface area contributed by atoms with Crippen LogP contribution in [0.25, 0.3) is 0 Å². The maximum Gasteiger partial charge on any atom is 0.163 e. The van der Waals surface area contributed by atoms with Crippen LogP contribution in [0.3, 0.4) is 0 Å². The van der Waals surface area contributed by atoms with Crippen molar-refractivity contribution in [3.8, 4) is 5.75 Å². The normalized spacial score (nSPS) is 15.4. The molecule has 0 heterocycles. The number of Topliss-reactive ketones (excluding diaryl/α,β-unsaturated/α-hetero) is 1. The van der Waals surface area contributed by atoms with Gasteiger partial charge in [0, 0.05) is 23.7 Å². The number of carbonyl (C=O) groups is 1. The molecule has 0 bridgehead atoms. The first-order valence-corrected chi connectivity index (χ1v) is 7.63. The van der Waals surface area contributed by atoms with E-state index in [1.54, 1.807) is 6.07 Å². The monoisotopic (exact) mass is 295 g/mol. The molecule has 0 aliphatic heterocycles. The van der Waals surface area contributed by atoms with Gasteiger partial charge in [0.2, 0.25) is 0 Å². The Bertz CT molecular complexity index is 497. The van der Waals surface area contributed by atoms with E-state index < -0.39 is 0 Å². The van der Waals surface area contributed by atoms with Gasteiger partial charge in [-0.05, 0) is 44.4 Å². The fraction of sp³-hybridized carbons (Fsp3) is 0.562. The minimum absolute atomic E-state index is 0.0777. The highest BCUT2D eigenvalue weighted by Crippen LogP contribution is 2.31. The van der Waals surface area contributed by atoms with Crippen molar-refractivity contribution in [2.24, 2.45) is 5.92 Å². The average Bonchev–Trinajstić information content (AvgIpc) is 2.35. The van der Waals surface area contributed by atoms with E-state index in [1.807, 2.05) is 0 Å². The number of nitrogens with zero attached hydrogens (tertiary/aromatic N) is 1. The lowest BCUT2D eigenvalue weighted by atomic mass is 9.85. The second kappa shape index (κ2) is 6.59. The summed E-state index contributed by atoms with van der Waals surface area (Å²) in [7, 11) is 0. The van der Waals surface area contributed by atoms with E-state index in [2.05, 4.69) is 11.8 Å². The molecule has 0 amide bonds. The summed E-state index contributed by atoms with van der Waals surface area (Å²) in [6.45, 7) is 6.18. The first kappa shape index (κ1) is 15.3. The Morgan fingerprint density at radius 3 is 2.65 bits per heavy atom. The fourth-order valence-corrected chi connectivity index (χ4v) is 2.87. The summed E-state index contributed by atoms with van der Waals surface area (Å²) in [5.74, 6) is 0.700. The Labute approximate surface area is 125 Å². The van der Waals surface area contributed by atoms with E-state index in [-0.39, 0.29) is 11.5 Å². The second-order valence-corrected chi connectivity index (χ2v) is 6.08. The van der Waals surface area contributed by atoms with E-state index in [0.29, 0.717) is 17.1 Å². The SMILES string of the molecule is CCN(Cc1cc(Cl)cc(C(C)=O)c1O)CC1CCC1. The van der Waals surface area contributed by atoms with Gasteiger partial charge in [0.15, 0.2) is 5.78 Å². The molecule has 110 valence electrons. The fourth-order valence-electron chi connectivity index (χ4n) is 2.63. The highest BCUT2D eigenvalue weighted by molar-refractivity contribution is 6.31. The molecule has 0 unspecified atom stereocenters. The molecule has 2 rings (SSSR count). The molecule has 1 N–H and O–H groups in total. The summed E-state index contributed by atoms with van der Waals surface area (Å²) < 4.78 is 0. The smallest absolute Gasteiger partial charge is 0.163 e. The van der Waals surface area contributed by atoms with Crippen LogP contribution in [0.15, 0.2) is 12.1 Å². The molecule has 0 aromatic heterocycles. The minimum Gasteiger partial charge on any atom is -0.507 e. The molecule has 0 radical (unpaired) electrons. The molecule has 20 heavy (non-hydrogen) atoms. The van der Waals surface area contributed by atoms with Crippen LogP contribution >= 0.6 is 11.6 Å². The van der Waals surface area contributed by atoms with Crippen LogP contribution in [-0.4, -0.2) is 28.9 Å². The topological polar surface area (TPSA) is 40.5 Å². The Morgan fingerprint density at radius 2 is 2.15 bits per heavy atom. The zero-order chi connectivity index (χ0) is 14.7. The third kappa shape index (κ3) is 3.53. The summed E-state index contributed by atoms with van der Waals surface area (Å²) in [4.78, 5) is 13.8. The number of carbonyl (C=O) groups excluding carboxylic acids is 1. The van der Waals surface area contributed by atoms with Crippen molar-refractivity contribution >= 4 is 17.4 Å². The Balaban J connectivity index is 2.16. The molecular weight excluding hydrogens is 274 g/mol. The number of ketones is 1. The highest BCUT2D eigenvalue weighted by Gasteiger charge is 2.21. The number of aromatic hydroxyl groups is 1. The average molecular weight is 296 g/mol. The van der Waals surface area contributed by atoms with Crippen molar-refractivity contribution in [1.29, 1.82) is 0 Å². The Morgan fingerprint density at radius 1 is 1.45 bits per heavy atom. The molecule has 1 fully saturated rings. The van der Waals surface area contributed by atoms with E-state index in [0.717, 1.165) is 24.6 Å². The van der Waals surface area contributed by atoms with Crippen LogP contribution < -0.4 is 0 Å². The van der Waals surface area contributed by atoms with Gasteiger partial charge in [-0.15, -0.1) is 0 Å². The molecule has 0 atom stereocenters. The lowest BCUT2D eigenvalue weighted by Gasteiger charge is -2.32. The van der Waals surface area contributed by atoms with Crippen LogP contribution in [0.2, 0.25) is 5.02 Å². The zero-order valence-corrected chi connectivity index (χ0v) is 12.9. The maximum absolute atomic E-state index is 11.5. The number of hydrogen-bond donors (Lipinski definition) is 1. The third-order valence-electron chi connectivity index (χ3n) is 4.12. The molecule has 1 aromatic carbocycles. The predicted molar refractivity (Wildman–Crippen MR) is 81.4 cm³/mol. The summed E-state index contributed by atoms with van der Waals surface area (Å²) in [5.41, 5.74) is 1.05. The highest BCUT2D eigenvalue weighted by atomic mass is 35.5. The number of benzene rings is 1. The third-order valence-corrected chi connectivity index (χ3v) is 4.33. The number of hydrogen-bond acceptors (Lipinski definition) is 3. The summed E-state index contributed by atoms with van der Waals surface area (Å²) in [5, 5.41) is 10.7. The van der Waals surface area contributed by atoms with Gasteiger partial charge < -0.3 is 5.11 Å². The Hall–Kier alpha value is -1.06. The van der Waals surface area contributed by atoms with Gasteiger partial charge in [-0.1, -0.05) is 24.9 Å². The molecule has 3 nitrogen and oxygen atoms in total. The zero-order valence-electron chi connectivity index (χ0n) is 12.2. The molecule has 1 aromatic rings. The summed E-state index contributed by atoms with van der Waals surface area (Å²) in [6, 6.07) is 3.29. The molecule has 1 saturated carbocycles. The molecule has 0 saturated heterocycles. The minimum atomic E-state index is -0.159. The predicted octanol–water partition coefficient (Wildman–Crippen LogP) is 3.87. The molecule has 4 heteroatoms. The van der Waals surface area contributed by atoms with Gasteiger partial charge in [-0.25, -0.2) is 0 Å². The van der Waals surface area contributed by atoms with Crippen molar-refractivity contribution in [2.75, 3.05) is 13.1 Å². The van der Waals surface area contributed by atoms with Crippen LogP contribution in [0.5, 0.6) is 5.75 Å². The van der Waals surface area contributed by atoms with Crippen LogP contribution in [0, 0.1) is 5.92 Å². The van der Waals surface area contributed by atoms with Gasteiger partial charge in [-0.3, -0.25) is 9.69 Å². The second-order valence-electron chi connectivity index (χ2n) is 5.64. The number of phenolic OH excluding ortho intramolecular Hbond substituents is 1. The van der Waals surface area contributed by atoms with E-state index >= 15 is 0 Å². The molecule has 1 aliphatic carbocycles. The number of rotatable bonds is 6. The van der Waals surface area contributed by atoms with Crippen molar-refractivity contribution in [3.63, 3.8) is 0 Å². The van der Waals surface area contributed by atoms with Crippen LogP contribution in [0.4, 0.5) is 0 Å². The lowest BCUT2D eigenvalue weighted by Crippen LogP contribution is -2.32. The van der Waals surface area contributed by atoms with Crippen LogP contribution in [0.1, 0.15) is 49.0 Å². The van der Waals surface area contributed by atoms with E-state index in [4.69, 9.17) is 11.6 Å². The molecule has 0 spiro atoms. The first-order valence-electron chi connectivity index (χ1n) is 7.26. The molecule has 1 aliphatic rings. The van der Waals surface area contributed by atoms with Gasteiger partial charge in [0.25, 0.3) is 0 Å². The van der Waals surface area contributed by atoms with Crippen molar-refractivity contribution in [1.82, 2.24) is 4.90 Å². The summed E-state index contributed by atoms with van der Waals surface area (Å²) in [6.07, 6.45) is 3.94. The van der Waals surface area contributed by atoms with Gasteiger partial charge >= 0.3 is 0 Å². The maximum atomic E-state index is 11.5. The van der Waals surface area contributed by atoms with Gasteiger partial charge in [0.05, 0.1) is 5.56 Å². The number of halogens is 1. The summed E-state index contributed by atoms with van der Waals surface area (Å²) >= 11 is 6.06. The van der Waals surface area contributed by atoms with Gasteiger partial charge in [-0.2, -0.15) is 0 Å². The standard InChI is InChI=1S/C16H22ClNO2/c1-3-18(9-12-5-4-6-12)10-13-7-14(17)8-15(11(2)19)16(13)20/h7-8,12,20H,3-6,9-10H2,1-2H3. The van der Waals surface area contributed by atoms with Crippen molar-refractivity contribution < 1.29 is 9.90 Å².